The molecular formula is C9H18F3N3O2S. The molecule has 0 aromatic heterocycles. The fraction of sp³-hybridized carbons (Fsp3) is 1.00. The van der Waals surface area contributed by atoms with Gasteiger partial charge in [-0.25, -0.2) is 4.72 Å². The number of alkyl halides is 3. The smallest absolute Gasteiger partial charge is 0.328 e. The lowest BCUT2D eigenvalue weighted by molar-refractivity contribution is -0.121. The van der Waals surface area contributed by atoms with E-state index in [0.29, 0.717) is 0 Å². The molecule has 0 unspecified atom stereocenters. The fourth-order valence-corrected chi connectivity index (χ4v) is 2.76. The van der Waals surface area contributed by atoms with Crippen LogP contribution in [0, 0.1) is 5.92 Å². The summed E-state index contributed by atoms with van der Waals surface area (Å²) in [6.45, 7) is -1.40. The molecule has 108 valence electrons. The normalized spacial score (nSPS) is 26.2. The quantitative estimate of drug-likeness (QED) is 0.688. The molecule has 5 nitrogen and oxygen atoms in total. The van der Waals surface area contributed by atoms with Gasteiger partial charge in [-0.05, 0) is 31.6 Å². The number of nitrogens with two attached hydrogens (primary N) is 1. The highest BCUT2D eigenvalue weighted by molar-refractivity contribution is 7.87. The monoisotopic (exact) mass is 289 g/mol. The van der Waals surface area contributed by atoms with Crippen LogP contribution < -0.4 is 15.2 Å². The van der Waals surface area contributed by atoms with E-state index in [2.05, 4.69) is 4.72 Å². The van der Waals surface area contributed by atoms with Crippen molar-refractivity contribution in [3.05, 3.63) is 0 Å². The second-order valence-corrected chi connectivity index (χ2v) is 6.15. The van der Waals surface area contributed by atoms with Crippen molar-refractivity contribution in [1.82, 2.24) is 9.44 Å². The van der Waals surface area contributed by atoms with Crippen molar-refractivity contribution in [3.63, 3.8) is 0 Å². The van der Waals surface area contributed by atoms with Crippen LogP contribution in [0.2, 0.25) is 0 Å². The first-order chi connectivity index (χ1) is 8.18. The Hall–Kier alpha value is -0.380. The molecule has 1 aliphatic carbocycles. The number of hydrogen-bond donors (Lipinski definition) is 3. The van der Waals surface area contributed by atoms with Gasteiger partial charge in [-0.1, -0.05) is 0 Å². The van der Waals surface area contributed by atoms with Crippen molar-refractivity contribution in [2.75, 3.05) is 13.1 Å². The van der Waals surface area contributed by atoms with Crippen LogP contribution in [-0.4, -0.2) is 33.7 Å². The molecule has 1 aliphatic rings. The Morgan fingerprint density at radius 3 is 2.17 bits per heavy atom. The predicted octanol–water partition coefficient (Wildman–Crippen LogP) is 0.490. The summed E-state index contributed by atoms with van der Waals surface area (Å²) in [5.41, 5.74) is 5.70. The topological polar surface area (TPSA) is 84.2 Å². The van der Waals surface area contributed by atoms with Gasteiger partial charge in [0.1, 0.15) is 6.54 Å². The molecule has 0 amide bonds. The molecule has 4 N–H and O–H groups in total. The van der Waals surface area contributed by atoms with Gasteiger partial charge in [-0.3, -0.25) is 0 Å². The van der Waals surface area contributed by atoms with Crippen molar-refractivity contribution in [1.29, 1.82) is 0 Å². The van der Waals surface area contributed by atoms with E-state index < -0.39 is 22.9 Å². The van der Waals surface area contributed by atoms with Gasteiger partial charge in [-0.2, -0.15) is 26.3 Å². The Kier molecular flexibility index (Phi) is 5.38. The average molecular weight is 289 g/mol. The fourth-order valence-electron chi connectivity index (χ4n) is 1.85. The second kappa shape index (κ2) is 6.18. The van der Waals surface area contributed by atoms with E-state index in [0.717, 1.165) is 25.7 Å². The van der Waals surface area contributed by atoms with E-state index in [1.807, 2.05) is 0 Å². The zero-order valence-electron chi connectivity index (χ0n) is 9.83. The summed E-state index contributed by atoms with van der Waals surface area (Å²) in [6, 6.07) is 0.154. The lowest BCUT2D eigenvalue weighted by Gasteiger charge is -2.26. The molecule has 0 spiro atoms. The van der Waals surface area contributed by atoms with Gasteiger partial charge in [-0.15, -0.1) is 0 Å². The molecule has 0 aliphatic heterocycles. The number of hydrogen-bond acceptors (Lipinski definition) is 3. The van der Waals surface area contributed by atoms with Crippen LogP contribution in [-0.2, 0) is 10.2 Å². The zero-order valence-corrected chi connectivity index (χ0v) is 10.6. The molecule has 0 bridgehead atoms. The standard InChI is InChI=1S/C9H18F3N3O2S/c10-9(11,12)6-15-18(16,17)14-5-7-1-3-8(13)4-2-7/h7-8,14-15H,1-6,13H2. The van der Waals surface area contributed by atoms with Gasteiger partial charge < -0.3 is 5.73 Å². The van der Waals surface area contributed by atoms with Crippen LogP contribution in [0.4, 0.5) is 13.2 Å². The molecule has 0 aromatic carbocycles. The number of halogens is 3. The Morgan fingerprint density at radius 2 is 1.67 bits per heavy atom. The summed E-state index contributed by atoms with van der Waals surface area (Å²) in [7, 11) is -4.08. The van der Waals surface area contributed by atoms with Crippen molar-refractivity contribution in [2.45, 2.75) is 37.9 Å². The van der Waals surface area contributed by atoms with Crippen LogP contribution >= 0.6 is 0 Å². The molecule has 1 fully saturated rings. The summed E-state index contributed by atoms with van der Waals surface area (Å²) in [5, 5.41) is 0. The van der Waals surface area contributed by atoms with Gasteiger partial charge >= 0.3 is 6.18 Å². The Morgan fingerprint density at radius 1 is 1.11 bits per heavy atom. The Labute approximate surface area is 104 Å². The van der Waals surface area contributed by atoms with E-state index in [9.17, 15) is 21.6 Å². The lowest BCUT2D eigenvalue weighted by atomic mass is 9.87. The van der Waals surface area contributed by atoms with Crippen molar-refractivity contribution < 1.29 is 21.6 Å². The van der Waals surface area contributed by atoms with E-state index >= 15 is 0 Å². The SMILES string of the molecule is NC1CCC(CNS(=O)(=O)NCC(F)(F)F)CC1. The van der Waals surface area contributed by atoms with Crippen molar-refractivity contribution in [3.8, 4) is 0 Å². The molecule has 0 saturated heterocycles. The first-order valence-electron chi connectivity index (χ1n) is 5.74. The number of rotatable bonds is 5. The molecule has 1 rings (SSSR count). The van der Waals surface area contributed by atoms with E-state index in [4.69, 9.17) is 5.73 Å². The summed E-state index contributed by atoms with van der Waals surface area (Å²) < 4.78 is 61.6. The summed E-state index contributed by atoms with van der Waals surface area (Å²) in [6.07, 6.45) is -1.32. The highest BCUT2D eigenvalue weighted by atomic mass is 32.2. The zero-order chi connectivity index (χ0) is 13.8. The third kappa shape index (κ3) is 6.53. The van der Waals surface area contributed by atoms with Crippen LogP contribution in [0.3, 0.4) is 0 Å². The maximum atomic E-state index is 11.9. The summed E-state index contributed by atoms with van der Waals surface area (Å²) >= 11 is 0. The molecule has 0 aromatic rings. The number of nitrogens with one attached hydrogen (secondary N) is 2. The van der Waals surface area contributed by atoms with Crippen LogP contribution in [0.25, 0.3) is 0 Å². The van der Waals surface area contributed by atoms with Crippen LogP contribution in [0.1, 0.15) is 25.7 Å². The summed E-state index contributed by atoms with van der Waals surface area (Å²) in [5.74, 6) is 0.146. The predicted molar refractivity (Wildman–Crippen MR) is 60.9 cm³/mol. The maximum absolute atomic E-state index is 11.9. The van der Waals surface area contributed by atoms with Crippen molar-refractivity contribution >= 4 is 10.2 Å². The molecule has 1 saturated carbocycles. The van der Waals surface area contributed by atoms with Gasteiger partial charge in [0, 0.05) is 12.6 Å². The first kappa shape index (κ1) is 15.7. The Balaban J connectivity index is 2.29. The van der Waals surface area contributed by atoms with Crippen LogP contribution in [0.5, 0.6) is 0 Å². The van der Waals surface area contributed by atoms with Gasteiger partial charge in [0.25, 0.3) is 10.2 Å². The highest BCUT2D eigenvalue weighted by Gasteiger charge is 2.29. The minimum absolute atomic E-state index is 0.146. The highest BCUT2D eigenvalue weighted by Crippen LogP contribution is 2.22. The average Bonchev–Trinajstić information content (AvgIpc) is 2.25. The minimum atomic E-state index is -4.55. The summed E-state index contributed by atoms with van der Waals surface area (Å²) in [4.78, 5) is 0. The van der Waals surface area contributed by atoms with Crippen molar-refractivity contribution in [2.24, 2.45) is 11.7 Å². The second-order valence-electron chi connectivity index (χ2n) is 4.57. The van der Waals surface area contributed by atoms with E-state index in [1.165, 1.54) is 4.72 Å². The largest absolute Gasteiger partial charge is 0.402 e. The maximum Gasteiger partial charge on any atom is 0.402 e. The van der Waals surface area contributed by atoms with Gasteiger partial charge in [0.2, 0.25) is 0 Å². The van der Waals surface area contributed by atoms with E-state index in [-0.39, 0.29) is 18.5 Å². The molecule has 9 heteroatoms. The molecular weight excluding hydrogens is 271 g/mol. The van der Waals surface area contributed by atoms with Gasteiger partial charge in [0.05, 0.1) is 0 Å². The molecule has 0 radical (unpaired) electrons. The van der Waals surface area contributed by atoms with Crippen LogP contribution in [0.15, 0.2) is 0 Å². The lowest BCUT2D eigenvalue weighted by Crippen LogP contribution is -2.43. The molecule has 18 heavy (non-hydrogen) atoms. The molecule has 0 heterocycles. The first-order valence-corrected chi connectivity index (χ1v) is 7.23. The third-order valence-electron chi connectivity index (χ3n) is 2.92. The molecule has 0 atom stereocenters. The Bertz CT molecular complexity index is 351. The van der Waals surface area contributed by atoms with Gasteiger partial charge in [0.15, 0.2) is 0 Å². The van der Waals surface area contributed by atoms with E-state index in [1.54, 1.807) is 0 Å². The minimum Gasteiger partial charge on any atom is -0.328 e. The third-order valence-corrected chi connectivity index (χ3v) is 3.99.